The normalized spacial score (nSPS) is 9.44. The molecule has 86 valence electrons. The second kappa shape index (κ2) is 5.21. The zero-order valence-corrected chi connectivity index (χ0v) is 9.87. The Morgan fingerprint density at radius 1 is 1.38 bits per heavy atom. The number of urea groups is 1. The minimum absolute atomic E-state index is 0.275. The van der Waals surface area contributed by atoms with Gasteiger partial charge in [-0.25, -0.2) is 4.79 Å². The highest BCUT2D eigenvalue weighted by molar-refractivity contribution is 5.90. The lowest BCUT2D eigenvalue weighted by atomic mass is 10.2. The smallest absolute Gasteiger partial charge is 0.323 e. The number of rotatable bonds is 3. The molecule has 0 radical (unpaired) electrons. The van der Waals surface area contributed by atoms with Crippen molar-refractivity contribution in [3.63, 3.8) is 0 Å². The van der Waals surface area contributed by atoms with Gasteiger partial charge >= 0.3 is 6.03 Å². The molecular weight excluding hydrogens is 202 g/mol. The SMILES string of the molecule is C=C(C)NC(=O)Nc1cccc(N(C)C)c1. The molecule has 2 N–H and O–H groups in total. The summed E-state index contributed by atoms with van der Waals surface area (Å²) in [4.78, 5) is 13.4. The standard InChI is InChI=1S/C12H17N3O/c1-9(2)13-12(16)14-10-6-5-7-11(8-10)15(3)4/h5-8H,1H2,2-4H3,(H2,13,14,16). The minimum atomic E-state index is -0.275. The van der Waals surface area contributed by atoms with Crippen molar-refractivity contribution in [3.8, 4) is 0 Å². The predicted octanol–water partition coefficient (Wildman–Crippen LogP) is 2.41. The van der Waals surface area contributed by atoms with Crippen molar-refractivity contribution in [1.29, 1.82) is 0 Å². The molecule has 1 rings (SSSR count). The van der Waals surface area contributed by atoms with Crippen LogP contribution in [0.5, 0.6) is 0 Å². The number of hydrogen-bond donors (Lipinski definition) is 2. The van der Waals surface area contributed by atoms with E-state index in [1.807, 2.05) is 43.3 Å². The number of benzene rings is 1. The molecule has 0 saturated carbocycles. The van der Waals surface area contributed by atoms with E-state index in [0.717, 1.165) is 11.4 Å². The molecule has 0 aliphatic carbocycles. The third-order valence-corrected chi connectivity index (χ3v) is 1.95. The van der Waals surface area contributed by atoms with Crippen molar-refractivity contribution in [3.05, 3.63) is 36.5 Å². The van der Waals surface area contributed by atoms with Crippen LogP contribution >= 0.6 is 0 Å². The second-order valence-electron chi connectivity index (χ2n) is 3.80. The van der Waals surface area contributed by atoms with E-state index in [-0.39, 0.29) is 6.03 Å². The molecule has 0 spiro atoms. The number of hydrogen-bond acceptors (Lipinski definition) is 2. The van der Waals surface area contributed by atoms with Crippen molar-refractivity contribution in [2.24, 2.45) is 0 Å². The molecule has 16 heavy (non-hydrogen) atoms. The highest BCUT2D eigenvalue weighted by Gasteiger charge is 2.02. The molecule has 4 nitrogen and oxygen atoms in total. The Hall–Kier alpha value is -1.97. The lowest BCUT2D eigenvalue weighted by Gasteiger charge is -2.14. The van der Waals surface area contributed by atoms with E-state index in [2.05, 4.69) is 17.2 Å². The topological polar surface area (TPSA) is 44.4 Å². The van der Waals surface area contributed by atoms with Crippen LogP contribution in [0.15, 0.2) is 36.5 Å². The van der Waals surface area contributed by atoms with Gasteiger partial charge in [-0.1, -0.05) is 12.6 Å². The van der Waals surface area contributed by atoms with Gasteiger partial charge in [-0.05, 0) is 25.1 Å². The molecule has 0 unspecified atom stereocenters. The molecule has 0 saturated heterocycles. The minimum Gasteiger partial charge on any atom is -0.378 e. The first kappa shape index (κ1) is 12.1. The summed E-state index contributed by atoms with van der Waals surface area (Å²) in [7, 11) is 3.90. The lowest BCUT2D eigenvalue weighted by Crippen LogP contribution is -2.26. The molecule has 1 aromatic carbocycles. The van der Waals surface area contributed by atoms with Gasteiger partial charge in [-0.2, -0.15) is 0 Å². The van der Waals surface area contributed by atoms with Crippen molar-refractivity contribution >= 4 is 17.4 Å². The predicted molar refractivity (Wildman–Crippen MR) is 67.7 cm³/mol. The average Bonchev–Trinajstić information content (AvgIpc) is 2.16. The molecule has 0 aliphatic heterocycles. The van der Waals surface area contributed by atoms with Crippen LogP contribution in [0.3, 0.4) is 0 Å². The summed E-state index contributed by atoms with van der Waals surface area (Å²) >= 11 is 0. The van der Waals surface area contributed by atoms with Crippen LogP contribution in [0.4, 0.5) is 16.2 Å². The van der Waals surface area contributed by atoms with Gasteiger partial charge in [-0.3, -0.25) is 0 Å². The van der Waals surface area contributed by atoms with Crippen molar-refractivity contribution < 1.29 is 4.79 Å². The maximum Gasteiger partial charge on any atom is 0.323 e. The van der Waals surface area contributed by atoms with E-state index in [9.17, 15) is 4.79 Å². The van der Waals surface area contributed by atoms with E-state index in [1.165, 1.54) is 0 Å². The van der Waals surface area contributed by atoms with Crippen molar-refractivity contribution in [2.75, 3.05) is 24.3 Å². The van der Waals surface area contributed by atoms with E-state index >= 15 is 0 Å². The Kier molecular flexibility index (Phi) is 3.94. The number of allylic oxidation sites excluding steroid dienone is 1. The summed E-state index contributed by atoms with van der Waals surface area (Å²) in [5.74, 6) is 0. The fourth-order valence-corrected chi connectivity index (χ4v) is 1.22. The van der Waals surface area contributed by atoms with Crippen LogP contribution in [0.2, 0.25) is 0 Å². The van der Waals surface area contributed by atoms with Gasteiger partial charge < -0.3 is 15.5 Å². The van der Waals surface area contributed by atoms with Crippen molar-refractivity contribution in [1.82, 2.24) is 5.32 Å². The lowest BCUT2D eigenvalue weighted by molar-refractivity contribution is 0.254. The monoisotopic (exact) mass is 219 g/mol. The molecule has 4 heteroatoms. The van der Waals surface area contributed by atoms with E-state index < -0.39 is 0 Å². The molecule has 0 fully saturated rings. The first-order valence-corrected chi connectivity index (χ1v) is 5.00. The van der Waals surface area contributed by atoms with Gasteiger partial charge in [0, 0.05) is 31.2 Å². The number of nitrogens with one attached hydrogen (secondary N) is 2. The van der Waals surface area contributed by atoms with Crippen LogP contribution in [-0.4, -0.2) is 20.1 Å². The zero-order valence-electron chi connectivity index (χ0n) is 9.87. The maximum atomic E-state index is 11.4. The Labute approximate surface area is 96.0 Å². The third kappa shape index (κ3) is 3.65. The average molecular weight is 219 g/mol. The molecule has 2 amide bonds. The Morgan fingerprint density at radius 2 is 2.06 bits per heavy atom. The molecule has 0 aromatic heterocycles. The fourth-order valence-electron chi connectivity index (χ4n) is 1.22. The first-order chi connectivity index (χ1) is 7.49. The summed E-state index contributed by atoms with van der Waals surface area (Å²) in [5, 5.41) is 5.31. The zero-order chi connectivity index (χ0) is 12.1. The largest absolute Gasteiger partial charge is 0.378 e. The van der Waals surface area contributed by atoms with Crippen LogP contribution < -0.4 is 15.5 Å². The summed E-state index contributed by atoms with van der Waals surface area (Å²) in [6, 6.07) is 7.33. The van der Waals surface area contributed by atoms with E-state index in [1.54, 1.807) is 6.92 Å². The van der Waals surface area contributed by atoms with Gasteiger partial charge in [-0.15, -0.1) is 0 Å². The number of nitrogens with zero attached hydrogens (tertiary/aromatic N) is 1. The highest BCUT2D eigenvalue weighted by atomic mass is 16.2. The first-order valence-electron chi connectivity index (χ1n) is 5.00. The number of amides is 2. The van der Waals surface area contributed by atoms with Crippen LogP contribution in [0, 0.1) is 0 Å². The molecule has 1 aromatic rings. The van der Waals surface area contributed by atoms with Gasteiger partial charge in [0.1, 0.15) is 0 Å². The van der Waals surface area contributed by atoms with Crippen molar-refractivity contribution in [2.45, 2.75) is 6.92 Å². The summed E-state index contributed by atoms with van der Waals surface area (Å²) in [6.07, 6.45) is 0. The maximum absolute atomic E-state index is 11.4. The third-order valence-electron chi connectivity index (χ3n) is 1.95. The van der Waals surface area contributed by atoms with E-state index in [4.69, 9.17) is 0 Å². The second-order valence-corrected chi connectivity index (χ2v) is 3.80. The van der Waals surface area contributed by atoms with Gasteiger partial charge in [0.05, 0.1) is 0 Å². The Balaban J connectivity index is 2.70. The number of carbonyl (C=O) groups is 1. The fraction of sp³-hybridized carbons (Fsp3) is 0.250. The summed E-state index contributed by atoms with van der Waals surface area (Å²) < 4.78 is 0. The molecule has 0 aliphatic rings. The van der Waals surface area contributed by atoms with Crippen LogP contribution in [-0.2, 0) is 0 Å². The molecule has 0 heterocycles. The van der Waals surface area contributed by atoms with E-state index in [0.29, 0.717) is 5.70 Å². The molecular formula is C12H17N3O. The molecule has 0 bridgehead atoms. The van der Waals surface area contributed by atoms with Gasteiger partial charge in [0.15, 0.2) is 0 Å². The summed E-state index contributed by atoms with van der Waals surface area (Å²) in [5.41, 5.74) is 2.40. The van der Waals surface area contributed by atoms with Gasteiger partial charge in [0.2, 0.25) is 0 Å². The van der Waals surface area contributed by atoms with Gasteiger partial charge in [0.25, 0.3) is 0 Å². The number of carbonyl (C=O) groups excluding carboxylic acids is 1. The Morgan fingerprint density at radius 3 is 2.62 bits per heavy atom. The van der Waals surface area contributed by atoms with Crippen LogP contribution in [0.1, 0.15) is 6.92 Å². The van der Waals surface area contributed by atoms with Crippen LogP contribution in [0.25, 0.3) is 0 Å². The highest BCUT2D eigenvalue weighted by Crippen LogP contribution is 2.16. The summed E-state index contributed by atoms with van der Waals surface area (Å²) in [6.45, 7) is 5.33. The number of anilines is 2. The molecule has 0 atom stereocenters. The Bertz CT molecular complexity index is 399. The quantitative estimate of drug-likeness (QED) is 0.820.